The maximum Gasteiger partial charge on any atom is 0.174 e. The molecular formula is C18H23N3OS. The highest BCUT2D eigenvalue weighted by molar-refractivity contribution is 7.80. The van der Waals surface area contributed by atoms with Crippen LogP contribution in [-0.4, -0.2) is 17.2 Å². The van der Waals surface area contributed by atoms with Crippen LogP contribution in [0.15, 0.2) is 36.5 Å². The van der Waals surface area contributed by atoms with E-state index < -0.39 is 0 Å². The third-order valence-corrected chi connectivity index (χ3v) is 3.96. The normalized spacial score (nSPS) is 11.7. The van der Waals surface area contributed by atoms with E-state index in [1.165, 1.54) is 16.7 Å². The number of pyridine rings is 1. The van der Waals surface area contributed by atoms with Gasteiger partial charge in [0.2, 0.25) is 0 Å². The number of nitrogens with one attached hydrogen (secondary N) is 2. The maximum atomic E-state index is 5.44. The maximum absolute atomic E-state index is 5.44. The second-order valence-corrected chi connectivity index (χ2v) is 5.88. The van der Waals surface area contributed by atoms with Crippen molar-refractivity contribution in [3.8, 4) is 5.75 Å². The van der Waals surface area contributed by atoms with Gasteiger partial charge in [-0.25, -0.2) is 4.98 Å². The smallest absolute Gasteiger partial charge is 0.174 e. The summed E-state index contributed by atoms with van der Waals surface area (Å²) < 4.78 is 5.28. The predicted octanol–water partition coefficient (Wildman–Crippen LogP) is 4.14. The molecule has 2 rings (SSSR count). The van der Waals surface area contributed by atoms with Crippen molar-refractivity contribution in [1.29, 1.82) is 0 Å². The first-order valence-corrected chi connectivity index (χ1v) is 8.09. The van der Waals surface area contributed by atoms with Gasteiger partial charge in [0.15, 0.2) is 16.7 Å². The third-order valence-electron chi connectivity index (χ3n) is 3.74. The number of rotatable bonds is 5. The van der Waals surface area contributed by atoms with Crippen LogP contribution >= 0.6 is 12.2 Å². The van der Waals surface area contributed by atoms with Crippen molar-refractivity contribution in [3.63, 3.8) is 0 Å². The van der Waals surface area contributed by atoms with Crippen LogP contribution in [0.5, 0.6) is 5.75 Å². The largest absolute Gasteiger partial charge is 0.493 e. The molecule has 0 spiro atoms. The molecule has 2 aromatic rings. The van der Waals surface area contributed by atoms with E-state index in [9.17, 15) is 0 Å². The van der Waals surface area contributed by atoms with E-state index in [0.29, 0.717) is 16.7 Å². The Morgan fingerprint density at radius 2 is 2.09 bits per heavy atom. The first-order chi connectivity index (χ1) is 11.0. The average Bonchev–Trinajstić information content (AvgIpc) is 2.53. The Morgan fingerprint density at radius 1 is 1.30 bits per heavy atom. The fraction of sp³-hybridized carbons (Fsp3) is 0.333. The fourth-order valence-electron chi connectivity index (χ4n) is 2.57. The Morgan fingerprint density at radius 3 is 2.74 bits per heavy atom. The lowest BCUT2D eigenvalue weighted by molar-refractivity contribution is 0.415. The van der Waals surface area contributed by atoms with Crippen LogP contribution in [0, 0.1) is 13.8 Å². The summed E-state index contributed by atoms with van der Waals surface area (Å²) in [6.07, 6.45) is 2.64. The molecule has 0 aliphatic rings. The Bertz CT molecular complexity index is 688. The van der Waals surface area contributed by atoms with Crippen LogP contribution in [0.25, 0.3) is 0 Å². The summed E-state index contributed by atoms with van der Waals surface area (Å²) in [5, 5.41) is 7.01. The van der Waals surface area contributed by atoms with Gasteiger partial charge in [-0.1, -0.05) is 30.7 Å². The molecule has 0 fully saturated rings. The zero-order valence-corrected chi connectivity index (χ0v) is 14.8. The lowest BCUT2D eigenvalue weighted by Crippen LogP contribution is -2.32. The molecule has 0 saturated heterocycles. The van der Waals surface area contributed by atoms with E-state index in [1.807, 2.05) is 12.1 Å². The van der Waals surface area contributed by atoms with Crippen molar-refractivity contribution in [2.45, 2.75) is 33.2 Å². The zero-order valence-electron chi connectivity index (χ0n) is 14.0. The molecule has 5 heteroatoms. The summed E-state index contributed by atoms with van der Waals surface area (Å²) in [6, 6.07) is 10.3. The summed E-state index contributed by atoms with van der Waals surface area (Å²) in [5.41, 5.74) is 3.79. The van der Waals surface area contributed by atoms with Gasteiger partial charge in [0.1, 0.15) is 0 Å². The van der Waals surface area contributed by atoms with Crippen LogP contribution in [0.2, 0.25) is 0 Å². The number of ether oxygens (including phenoxy) is 1. The standard InChI is InChI=1S/C18H23N3OS/c1-5-15(14-9-8-12(2)11-13(14)3)20-18(23)21-17-16(22-4)7-6-10-19-17/h6-11,15H,5H2,1-4H3,(H2,19,20,21,23). The van der Waals surface area contributed by atoms with E-state index in [1.54, 1.807) is 13.3 Å². The summed E-state index contributed by atoms with van der Waals surface area (Å²) >= 11 is 5.44. The third kappa shape index (κ3) is 4.42. The van der Waals surface area contributed by atoms with Crippen molar-refractivity contribution in [2.24, 2.45) is 0 Å². The summed E-state index contributed by atoms with van der Waals surface area (Å²) in [4.78, 5) is 4.26. The van der Waals surface area contributed by atoms with Crippen molar-refractivity contribution < 1.29 is 4.74 Å². The lowest BCUT2D eigenvalue weighted by atomic mass is 9.98. The topological polar surface area (TPSA) is 46.2 Å². The second kappa shape index (κ2) is 7.92. The first-order valence-electron chi connectivity index (χ1n) is 7.68. The van der Waals surface area contributed by atoms with Gasteiger partial charge in [0.05, 0.1) is 13.2 Å². The monoisotopic (exact) mass is 329 g/mol. The van der Waals surface area contributed by atoms with Crippen LogP contribution in [0.1, 0.15) is 36.1 Å². The number of aryl methyl sites for hydroxylation is 2. The van der Waals surface area contributed by atoms with E-state index in [4.69, 9.17) is 17.0 Å². The number of nitrogens with zero attached hydrogens (tertiary/aromatic N) is 1. The molecule has 0 aliphatic heterocycles. The Kier molecular flexibility index (Phi) is 5.93. The van der Waals surface area contributed by atoms with Crippen LogP contribution in [-0.2, 0) is 0 Å². The zero-order chi connectivity index (χ0) is 16.8. The number of methoxy groups -OCH3 is 1. The minimum Gasteiger partial charge on any atom is -0.493 e. The van der Waals surface area contributed by atoms with E-state index in [-0.39, 0.29) is 6.04 Å². The molecule has 1 atom stereocenters. The minimum absolute atomic E-state index is 0.158. The molecule has 122 valence electrons. The number of hydrogen-bond acceptors (Lipinski definition) is 3. The molecule has 1 heterocycles. The number of hydrogen-bond donors (Lipinski definition) is 2. The summed E-state index contributed by atoms with van der Waals surface area (Å²) in [6.45, 7) is 6.37. The van der Waals surface area contributed by atoms with Gasteiger partial charge in [-0.15, -0.1) is 0 Å². The van der Waals surface area contributed by atoms with Gasteiger partial charge in [-0.05, 0) is 55.7 Å². The molecule has 0 radical (unpaired) electrons. The van der Waals surface area contributed by atoms with E-state index in [0.717, 1.165) is 6.42 Å². The highest BCUT2D eigenvalue weighted by atomic mass is 32.1. The van der Waals surface area contributed by atoms with Crippen molar-refractivity contribution in [2.75, 3.05) is 12.4 Å². The molecule has 0 bridgehead atoms. The molecular weight excluding hydrogens is 306 g/mol. The molecule has 1 unspecified atom stereocenters. The Labute approximate surface area is 143 Å². The van der Waals surface area contributed by atoms with Gasteiger partial charge in [-0.2, -0.15) is 0 Å². The fourth-order valence-corrected chi connectivity index (χ4v) is 2.81. The summed E-state index contributed by atoms with van der Waals surface area (Å²) in [5.74, 6) is 1.28. The predicted molar refractivity (Wildman–Crippen MR) is 99.1 cm³/mol. The Hall–Kier alpha value is -2.14. The number of anilines is 1. The molecule has 4 nitrogen and oxygen atoms in total. The van der Waals surface area contributed by atoms with E-state index >= 15 is 0 Å². The first kappa shape index (κ1) is 17.2. The number of benzene rings is 1. The highest BCUT2D eigenvalue weighted by Gasteiger charge is 2.14. The SMILES string of the molecule is CCC(NC(=S)Nc1ncccc1OC)c1ccc(C)cc1C. The molecule has 1 aromatic heterocycles. The number of aromatic nitrogens is 1. The van der Waals surface area contributed by atoms with Crippen molar-refractivity contribution in [1.82, 2.24) is 10.3 Å². The Balaban J connectivity index is 2.11. The van der Waals surface area contributed by atoms with Gasteiger partial charge < -0.3 is 15.4 Å². The van der Waals surface area contributed by atoms with Crippen LogP contribution in [0.4, 0.5) is 5.82 Å². The van der Waals surface area contributed by atoms with Gasteiger partial charge >= 0.3 is 0 Å². The van der Waals surface area contributed by atoms with Crippen molar-refractivity contribution in [3.05, 3.63) is 53.2 Å². The summed E-state index contributed by atoms with van der Waals surface area (Å²) in [7, 11) is 1.61. The molecule has 23 heavy (non-hydrogen) atoms. The van der Waals surface area contributed by atoms with E-state index in [2.05, 4.69) is 54.6 Å². The average molecular weight is 329 g/mol. The molecule has 1 aromatic carbocycles. The molecule has 0 saturated carbocycles. The van der Waals surface area contributed by atoms with Crippen molar-refractivity contribution >= 4 is 23.1 Å². The number of thiocarbonyl (C=S) groups is 1. The van der Waals surface area contributed by atoms with Gasteiger partial charge in [0, 0.05) is 6.20 Å². The molecule has 2 N–H and O–H groups in total. The van der Waals surface area contributed by atoms with Crippen LogP contribution in [0.3, 0.4) is 0 Å². The lowest BCUT2D eigenvalue weighted by Gasteiger charge is -2.22. The van der Waals surface area contributed by atoms with Crippen LogP contribution < -0.4 is 15.4 Å². The molecule has 0 aliphatic carbocycles. The van der Waals surface area contributed by atoms with Gasteiger partial charge in [-0.3, -0.25) is 0 Å². The minimum atomic E-state index is 0.158. The van der Waals surface area contributed by atoms with Gasteiger partial charge in [0.25, 0.3) is 0 Å². The molecule has 0 amide bonds. The second-order valence-electron chi connectivity index (χ2n) is 5.47. The quantitative estimate of drug-likeness (QED) is 0.807. The highest BCUT2D eigenvalue weighted by Crippen LogP contribution is 2.23.